The Labute approximate surface area is 162 Å². The zero-order valence-corrected chi connectivity index (χ0v) is 17.2. The minimum atomic E-state index is -0.0385. The standard InChI is InChI=1S/C20H32ClN3O2/c1-20(2,17-6-5-7-18(21)12-17)15-23-19(22-3)24-9-8-16(13-24)14-26-11-10-25-4/h5-7,12,16H,8-11,13-15H2,1-4H3,(H,22,23). The van der Waals surface area contributed by atoms with Gasteiger partial charge in [-0.2, -0.15) is 0 Å². The van der Waals surface area contributed by atoms with Gasteiger partial charge in [0.15, 0.2) is 5.96 Å². The van der Waals surface area contributed by atoms with Crippen LogP contribution in [0.3, 0.4) is 0 Å². The zero-order chi connectivity index (χ0) is 19.0. The summed E-state index contributed by atoms with van der Waals surface area (Å²) >= 11 is 6.15. The first kappa shape index (κ1) is 21.0. The molecule has 0 saturated carbocycles. The topological polar surface area (TPSA) is 46.1 Å². The van der Waals surface area contributed by atoms with E-state index in [-0.39, 0.29) is 5.41 Å². The maximum absolute atomic E-state index is 6.15. The highest BCUT2D eigenvalue weighted by atomic mass is 35.5. The molecule has 0 bridgehead atoms. The summed E-state index contributed by atoms with van der Waals surface area (Å²) in [6, 6.07) is 8.07. The van der Waals surface area contributed by atoms with Gasteiger partial charge in [-0.15, -0.1) is 0 Å². The number of rotatable bonds is 8. The second-order valence-electron chi connectivity index (χ2n) is 7.46. The number of nitrogens with zero attached hydrogens (tertiary/aromatic N) is 2. The fraction of sp³-hybridized carbons (Fsp3) is 0.650. The molecule has 146 valence electrons. The molecule has 1 unspecified atom stereocenters. The lowest BCUT2D eigenvalue weighted by atomic mass is 9.84. The van der Waals surface area contributed by atoms with E-state index in [9.17, 15) is 0 Å². The first-order chi connectivity index (χ1) is 12.5. The van der Waals surface area contributed by atoms with Gasteiger partial charge in [-0.3, -0.25) is 4.99 Å². The van der Waals surface area contributed by atoms with Crippen LogP contribution >= 0.6 is 11.6 Å². The minimum absolute atomic E-state index is 0.0385. The van der Waals surface area contributed by atoms with E-state index in [1.165, 1.54) is 5.56 Å². The maximum atomic E-state index is 6.15. The average molecular weight is 382 g/mol. The molecule has 1 fully saturated rings. The molecule has 1 saturated heterocycles. The van der Waals surface area contributed by atoms with Crippen LogP contribution in [-0.4, -0.2) is 64.5 Å². The van der Waals surface area contributed by atoms with Crippen LogP contribution in [0.1, 0.15) is 25.8 Å². The third-order valence-corrected chi connectivity index (χ3v) is 5.11. The molecule has 2 rings (SSSR count). The van der Waals surface area contributed by atoms with Crippen LogP contribution in [0.15, 0.2) is 29.3 Å². The van der Waals surface area contributed by atoms with Crippen molar-refractivity contribution in [3.63, 3.8) is 0 Å². The Bertz CT molecular complexity index is 592. The molecule has 0 spiro atoms. The van der Waals surface area contributed by atoms with Crippen LogP contribution in [0.4, 0.5) is 0 Å². The molecule has 0 aliphatic carbocycles. The van der Waals surface area contributed by atoms with Gasteiger partial charge >= 0.3 is 0 Å². The fourth-order valence-corrected chi connectivity index (χ4v) is 3.39. The van der Waals surface area contributed by atoms with Gasteiger partial charge in [-0.25, -0.2) is 0 Å². The second-order valence-corrected chi connectivity index (χ2v) is 7.90. The fourth-order valence-electron chi connectivity index (χ4n) is 3.20. The molecule has 5 nitrogen and oxygen atoms in total. The van der Waals surface area contributed by atoms with Crippen LogP contribution in [0.25, 0.3) is 0 Å². The highest BCUT2D eigenvalue weighted by molar-refractivity contribution is 6.30. The summed E-state index contributed by atoms with van der Waals surface area (Å²) in [6.45, 7) is 9.31. The molecular formula is C20H32ClN3O2. The van der Waals surface area contributed by atoms with Crippen molar-refractivity contribution < 1.29 is 9.47 Å². The Morgan fingerprint density at radius 3 is 2.88 bits per heavy atom. The number of halogens is 1. The Hall–Kier alpha value is -1.30. The van der Waals surface area contributed by atoms with E-state index in [0.29, 0.717) is 19.1 Å². The van der Waals surface area contributed by atoms with E-state index in [4.69, 9.17) is 21.1 Å². The van der Waals surface area contributed by atoms with Crippen LogP contribution in [-0.2, 0) is 14.9 Å². The van der Waals surface area contributed by atoms with Crippen molar-refractivity contribution in [2.45, 2.75) is 25.7 Å². The summed E-state index contributed by atoms with van der Waals surface area (Å²) in [4.78, 5) is 6.79. The molecule has 0 radical (unpaired) electrons. The highest BCUT2D eigenvalue weighted by Gasteiger charge is 2.27. The van der Waals surface area contributed by atoms with E-state index in [1.54, 1.807) is 7.11 Å². The predicted molar refractivity (Wildman–Crippen MR) is 108 cm³/mol. The lowest BCUT2D eigenvalue weighted by Gasteiger charge is -2.29. The van der Waals surface area contributed by atoms with E-state index in [1.807, 2.05) is 25.2 Å². The molecule has 1 heterocycles. The van der Waals surface area contributed by atoms with Crippen molar-refractivity contribution in [1.82, 2.24) is 10.2 Å². The third kappa shape index (κ3) is 6.15. The molecule has 26 heavy (non-hydrogen) atoms. The number of methoxy groups -OCH3 is 1. The van der Waals surface area contributed by atoms with Crippen LogP contribution < -0.4 is 5.32 Å². The van der Waals surface area contributed by atoms with Gasteiger partial charge < -0.3 is 19.7 Å². The van der Waals surface area contributed by atoms with Crippen LogP contribution in [0.5, 0.6) is 0 Å². The molecule has 1 aliphatic heterocycles. The van der Waals surface area contributed by atoms with Crippen molar-refractivity contribution in [3.05, 3.63) is 34.9 Å². The number of ether oxygens (including phenoxy) is 2. The summed E-state index contributed by atoms with van der Waals surface area (Å²) in [5.74, 6) is 1.51. The maximum Gasteiger partial charge on any atom is 0.193 e. The summed E-state index contributed by atoms with van der Waals surface area (Å²) in [5.41, 5.74) is 1.18. The van der Waals surface area contributed by atoms with Gasteiger partial charge in [-0.05, 0) is 24.1 Å². The first-order valence-electron chi connectivity index (χ1n) is 9.24. The average Bonchev–Trinajstić information content (AvgIpc) is 3.08. The number of likely N-dealkylation sites (tertiary alicyclic amines) is 1. The van der Waals surface area contributed by atoms with Gasteiger partial charge in [0.05, 0.1) is 19.8 Å². The molecule has 1 aromatic rings. The summed E-state index contributed by atoms with van der Waals surface area (Å²) < 4.78 is 10.7. The van der Waals surface area contributed by atoms with Gasteiger partial charge in [0.1, 0.15) is 0 Å². The van der Waals surface area contributed by atoms with Crippen molar-refractivity contribution in [3.8, 4) is 0 Å². The Morgan fingerprint density at radius 1 is 1.38 bits per heavy atom. The van der Waals surface area contributed by atoms with Crippen molar-refractivity contribution in [2.24, 2.45) is 10.9 Å². The van der Waals surface area contributed by atoms with Crippen LogP contribution in [0, 0.1) is 5.92 Å². The molecule has 6 heteroatoms. The first-order valence-corrected chi connectivity index (χ1v) is 9.62. The molecule has 1 atom stereocenters. The van der Waals surface area contributed by atoms with Gasteiger partial charge in [-0.1, -0.05) is 37.6 Å². The molecule has 1 N–H and O–H groups in total. The summed E-state index contributed by atoms with van der Waals surface area (Å²) in [5, 5.41) is 4.31. The molecule has 0 amide bonds. The number of hydrogen-bond donors (Lipinski definition) is 1. The van der Waals surface area contributed by atoms with Crippen molar-refractivity contribution in [2.75, 3.05) is 53.6 Å². The van der Waals surface area contributed by atoms with Crippen molar-refractivity contribution >= 4 is 17.6 Å². The quantitative estimate of drug-likeness (QED) is 0.427. The van der Waals surface area contributed by atoms with Crippen molar-refractivity contribution in [1.29, 1.82) is 0 Å². The third-order valence-electron chi connectivity index (χ3n) is 4.88. The number of aliphatic imine (C=N–C) groups is 1. The summed E-state index contributed by atoms with van der Waals surface area (Å²) in [7, 11) is 3.54. The normalized spacial score (nSPS) is 18.4. The van der Waals surface area contributed by atoms with E-state index < -0.39 is 0 Å². The van der Waals surface area contributed by atoms with E-state index >= 15 is 0 Å². The number of nitrogens with one attached hydrogen (secondary N) is 1. The van der Waals surface area contributed by atoms with Gasteiger partial charge in [0.25, 0.3) is 0 Å². The van der Waals surface area contributed by atoms with E-state index in [0.717, 1.165) is 43.6 Å². The lowest BCUT2D eigenvalue weighted by molar-refractivity contribution is 0.0536. The van der Waals surface area contributed by atoms with E-state index in [2.05, 4.69) is 35.1 Å². The second kappa shape index (κ2) is 10.1. The largest absolute Gasteiger partial charge is 0.382 e. The Morgan fingerprint density at radius 2 is 2.19 bits per heavy atom. The SMILES string of the molecule is CN=C(NCC(C)(C)c1cccc(Cl)c1)N1CCC(COCCOC)C1. The smallest absolute Gasteiger partial charge is 0.193 e. The lowest BCUT2D eigenvalue weighted by Crippen LogP contribution is -2.45. The molecule has 0 aromatic heterocycles. The summed E-state index contributed by atoms with van der Waals surface area (Å²) in [6.07, 6.45) is 1.13. The molecule has 1 aliphatic rings. The highest BCUT2D eigenvalue weighted by Crippen LogP contribution is 2.25. The number of guanidine groups is 1. The van der Waals surface area contributed by atoms with Crippen LogP contribution in [0.2, 0.25) is 5.02 Å². The minimum Gasteiger partial charge on any atom is -0.382 e. The zero-order valence-electron chi connectivity index (χ0n) is 16.4. The predicted octanol–water partition coefficient (Wildman–Crippen LogP) is 3.18. The number of benzene rings is 1. The monoisotopic (exact) mass is 381 g/mol. The molecular weight excluding hydrogens is 350 g/mol. The van der Waals surface area contributed by atoms with Gasteiger partial charge in [0, 0.05) is 50.1 Å². The van der Waals surface area contributed by atoms with Gasteiger partial charge in [0.2, 0.25) is 0 Å². The number of hydrogen-bond acceptors (Lipinski definition) is 3. The molecule has 1 aromatic carbocycles. The Kier molecular flexibility index (Phi) is 8.19. The Balaban J connectivity index is 1.84.